The van der Waals surface area contributed by atoms with Gasteiger partial charge in [-0.2, -0.15) is 0 Å². The van der Waals surface area contributed by atoms with Crippen LogP contribution in [0.5, 0.6) is 0 Å². The van der Waals surface area contributed by atoms with Gasteiger partial charge in [0.05, 0.1) is 5.54 Å². The highest BCUT2D eigenvalue weighted by Gasteiger charge is 2.34. The lowest BCUT2D eigenvalue weighted by Gasteiger charge is -2.42. The molecule has 0 saturated carbocycles. The summed E-state index contributed by atoms with van der Waals surface area (Å²) in [6.45, 7) is 6.81. The molecule has 1 fully saturated rings. The number of nitrogens with zero attached hydrogens (tertiary/aromatic N) is 1. The number of hydrogen-bond acceptors (Lipinski definition) is 2. The van der Waals surface area contributed by atoms with Crippen molar-refractivity contribution >= 4 is 0 Å². The summed E-state index contributed by atoms with van der Waals surface area (Å²) >= 11 is 0. The van der Waals surface area contributed by atoms with Gasteiger partial charge in [0.15, 0.2) is 0 Å². The molecule has 1 aromatic carbocycles. The van der Waals surface area contributed by atoms with Crippen molar-refractivity contribution in [1.82, 2.24) is 10.2 Å². The van der Waals surface area contributed by atoms with Crippen molar-refractivity contribution in [2.45, 2.75) is 38.1 Å². The molecule has 1 aliphatic heterocycles. The average Bonchev–Trinajstić information content (AvgIpc) is 2.38. The highest BCUT2D eigenvalue weighted by atomic mass is 15.2. The Bertz CT molecular complexity index is 383. The van der Waals surface area contributed by atoms with Crippen LogP contribution in [0.25, 0.3) is 0 Å². The van der Waals surface area contributed by atoms with Gasteiger partial charge in [0.2, 0.25) is 0 Å². The minimum absolute atomic E-state index is 0.141. The standard InChI is InChI=1S/C16H26N2/c1-13(2)14-6-8-15(9-7-14)16(17-3)10-5-11-18(4)12-16/h6-9,13,17H,5,10-12H2,1-4H3. The van der Waals surface area contributed by atoms with Gasteiger partial charge in [0.25, 0.3) is 0 Å². The lowest BCUT2D eigenvalue weighted by molar-refractivity contribution is 0.152. The molecule has 0 spiro atoms. The molecular weight excluding hydrogens is 220 g/mol. The van der Waals surface area contributed by atoms with E-state index in [1.165, 1.54) is 30.5 Å². The van der Waals surface area contributed by atoms with Gasteiger partial charge in [-0.05, 0) is 50.5 Å². The molecule has 0 aromatic heterocycles. The second kappa shape index (κ2) is 5.41. The predicted octanol–water partition coefficient (Wildman–Crippen LogP) is 2.95. The summed E-state index contributed by atoms with van der Waals surface area (Å²) < 4.78 is 0. The van der Waals surface area contributed by atoms with Crippen molar-refractivity contribution in [2.75, 3.05) is 27.2 Å². The Morgan fingerprint density at radius 1 is 1.22 bits per heavy atom. The van der Waals surface area contributed by atoms with Gasteiger partial charge in [-0.15, -0.1) is 0 Å². The van der Waals surface area contributed by atoms with Gasteiger partial charge in [0, 0.05) is 6.54 Å². The Labute approximate surface area is 111 Å². The van der Waals surface area contributed by atoms with Crippen molar-refractivity contribution in [1.29, 1.82) is 0 Å². The highest BCUT2D eigenvalue weighted by molar-refractivity contribution is 5.31. The Morgan fingerprint density at radius 3 is 2.39 bits per heavy atom. The summed E-state index contributed by atoms with van der Waals surface area (Å²) in [7, 11) is 4.31. The van der Waals surface area contributed by atoms with Crippen molar-refractivity contribution in [3.8, 4) is 0 Å². The van der Waals surface area contributed by atoms with Crippen LogP contribution < -0.4 is 5.32 Å². The van der Waals surface area contributed by atoms with Gasteiger partial charge >= 0.3 is 0 Å². The maximum atomic E-state index is 3.57. The van der Waals surface area contributed by atoms with Gasteiger partial charge in [-0.1, -0.05) is 38.1 Å². The van der Waals surface area contributed by atoms with Crippen LogP contribution in [0.4, 0.5) is 0 Å². The van der Waals surface area contributed by atoms with E-state index in [1.807, 2.05) is 0 Å². The largest absolute Gasteiger partial charge is 0.309 e. The van der Waals surface area contributed by atoms with Crippen LogP contribution in [-0.4, -0.2) is 32.1 Å². The van der Waals surface area contributed by atoms with Gasteiger partial charge in [-0.3, -0.25) is 0 Å². The quantitative estimate of drug-likeness (QED) is 0.882. The fraction of sp³-hybridized carbons (Fsp3) is 0.625. The second-order valence-corrected chi connectivity index (χ2v) is 5.95. The van der Waals surface area contributed by atoms with E-state index in [-0.39, 0.29) is 5.54 Å². The summed E-state index contributed by atoms with van der Waals surface area (Å²) in [5, 5.41) is 3.57. The third-order valence-corrected chi connectivity index (χ3v) is 4.29. The van der Waals surface area contributed by atoms with Gasteiger partial charge < -0.3 is 10.2 Å². The van der Waals surface area contributed by atoms with Crippen LogP contribution in [0.2, 0.25) is 0 Å². The Hall–Kier alpha value is -0.860. The van der Waals surface area contributed by atoms with Crippen molar-refractivity contribution in [3.05, 3.63) is 35.4 Å². The third-order valence-electron chi connectivity index (χ3n) is 4.29. The van der Waals surface area contributed by atoms with Crippen LogP contribution in [-0.2, 0) is 5.54 Å². The SMILES string of the molecule is CNC1(c2ccc(C(C)C)cc2)CCCN(C)C1. The second-order valence-electron chi connectivity index (χ2n) is 5.95. The first-order chi connectivity index (χ1) is 8.57. The zero-order valence-corrected chi connectivity index (χ0v) is 12.2. The molecule has 1 aromatic rings. The molecule has 2 rings (SSSR count). The minimum atomic E-state index is 0.141. The predicted molar refractivity (Wildman–Crippen MR) is 78.0 cm³/mol. The van der Waals surface area contributed by atoms with Crippen LogP contribution in [0.1, 0.15) is 43.7 Å². The maximum Gasteiger partial charge on any atom is 0.0561 e. The Morgan fingerprint density at radius 2 is 1.89 bits per heavy atom. The molecule has 0 radical (unpaired) electrons. The maximum absolute atomic E-state index is 3.57. The average molecular weight is 246 g/mol. The highest BCUT2D eigenvalue weighted by Crippen LogP contribution is 2.31. The Balaban J connectivity index is 2.26. The lowest BCUT2D eigenvalue weighted by Crippen LogP contribution is -2.52. The molecular formula is C16H26N2. The minimum Gasteiger partial charge on any atom is -0.309 e. The van der Waals surface area contributed by atoms with E-state index >= 15 is 0 Å². The van der Waals surface area contributed by atoms with E-state index in [1.54, 1.807) is 0 Å². The molecule has 0 aliphatic carbocycles. The first-order valence-corrected chi connectivity index (χ1v) is 7.05. The molecule has 100 valence electrons. The summed E-state index contributed by atoms with van der Waals surface area (Å²) in [5.41, 5.74) is 3.00. The number of rotatable bonds is 3. The molecule has 0 bridgehead atoms. The smallest absolute Gasteiger partial charge is 0.0561 e. The van der Waals surface area contributed by atoms with E-state index in [9.17, 15) is 0 Å². The van der Waals surface area contributed by atoms with Crippen molar-refractivity contribution in [3.63, 3.8) is 0 Å². The molecule has 1 heterocycles. The van der Waals surface area contributed by atoms with Crippen LogP contribution >= 0.6 is 0 Å². The first-order valence-electron chi connectivity index (χ1n) is 7.05. The zero-order chi connectivity index (χ0) is 13.2. The lowest BCUT2D eigenvalue weighted by atomic mass is 9.82. The molecule has 2 nitrogen and oxygen atoms in total. The van der Waals surface area contributed by atoms with Crippen molar-refractivity contribution in [2.24, 2.45) is 0 Å². The van der Waals surface area contributed by atoms with Gasteiger partial charge in [-0.25, -0.2) is 0 Å². The number of nitrogens with one attached hydrogen (secondary N) is 1. The van der Waals surface area contributed by atoms with E-state index in [2.05, 4.69) is 62.4 Å². The van der Waals surface area contributed by atoms with E-state index < -0.39 is 0 Å². The molecule has 1 unspecified atom stereocenters. The molecule has 18 heavy (non-hydrogen) atoms. The number of likely N-dealkylation sites (tertiary alicyclic amines) is 1. The molecule has 1 aliphatic rings. The number of hydrogen-bond donors (Lipinski definition) is 1. The molecule has 1 atom stereocenters. The fourth-order valence-electron chi connectivity index (χ4n) is 3.04. The Kier molecular flexibility index (Phi) is 4.08. The monoisotopic (exact) mass is 246 g/mol. The first kappa shape index (κ1) is 13.6. The van der Waals surface area contributed by atoms with E-state index in [4.69, 9.17) is 0 Å². The number of likely N-dealkylation sites (N-methyl/N-ethyl adjacent to an activating group) is 2. The summed E-state index contributed by atoms with van der Waals surface area (Å²) in [5.74, 6) is 0.610. The zero-order valence-electron chi connectivity index (χ0n) is 12.2. The van der Waals surface area contributed by atoms with Crippen LogP contribution in [0.3, 0.4) is 0 Å². The summed E-state index contributed by atoms with van der Waals surface area (Å²) in [6.07, 6.45) is 2.50. The number of benzene rings is 1. The van der Waals surface area contributed by atoms with E-state index in [0.29, 0.717) is 5.92 Å². The summed E-state index contributed by atoms with van der Waals surface area (Å²) in [6, 6.07) is 9.19. The fourth-order valence-corrected chi connectivity index (χ4v) is 3.04. The summed E-state index contributed by atoms with van der Waals surface area (Å²) in [4.78, 5) is 2.43. The molecule has 1 N–H and O–H groups in total. The van der Waals surface area contributed by atoms with E-state index in [0.717, 1.165) is 6.54 Å². The molecule has 2 heteroatoms. The number of piperidine rings is 1. The van der Waals surface area contributed by atoms with Crippen LogP contribution in [0.15, 0.2) is 24.3 Å². The molecule has 0 amide bonds. The topological polar surface area (TPSA) is 15.3 Å². The third kappa shape index (κ3) is 2.60. The van der Waals surface area contributed by atoms with Crippen molar-refractivity contribution < 1.29 is 0 Å². The molecule has 1 saturated heterocycles. The normalized spacial score (nSPS) is 25.6. The van der Waals surface area contributed by atoms with Crippen LogP contribution in [0, 0.1) is 0 Å². The van der Waals surface area contributed by atoms with Gasteiger partial charge in [0.1, 0.15) is 0 Å².